The van der Waals surface area contributed by atoms with Crippen LogP contribution in [0, 0.1) is 0 Å². The Bertz CT molecular complexity index is 157. The minimum absolute atomic E-state index is 0. The molecule has 0 unspecified atom stereocenters. The Morgan fingerprint density at radius 2 is 1.00 bits per heavy atom. The van der Waals surface area contributed by atoms with Crippen LogP contribution in [0.4, 0.5) is 17.3 Å². The quantitative estimate of drug-likeness (QED) is 0.322. The van der Waals surface area contributed by atoms with E-state index in [1.54, 1.807) is 0 Å². The van der Waals surface area contributed by atoms with Crippen molar-refractivity contribution in [3.05, 3.63) is 0 Å². The van der Waals surface area contributed by atoms with Crippen molar-refractivity contribution in [2.24, 2.45) is 0 Å². The molecule has 0 aliphatic carbocycles. The van der Waals surface area contributed by atoms with Crippen molar-refractivity contribution in [3.8, 4) is 0 Å². The molecule has 0 saturated heterocycles. The first-order valence-corrected chi connectivity index (χ1v) is 2.97. The Kier molecular flexibility index (Phi) is 9.23. The molecule has 0 bridgehead atoms. The van der Waals surface area contributed by atoms with Crippen molar-refractivity contribution < 1.29 is 34.8 Å². The third-order valence-corrected chi connectivity index (χ3v) is 0. The topological polar surface area (TPSA) is 74.6 Å². The summed E-state index contributed by atoms with van der Waals surface area (Å²) < 4.78 is 70.6. The Hall–Kier alpha value is 0.252. The van der Waals surface area contributed by atoms with Gasteiger partial charge in [0.1, 0.15) is 0 Å². The van der Waals surface area contributed by atoms with Gasteiger partial charge in [0.15, 0.2) is 0 Å². The van der Waals surface area contributed by atoms with E-state index >= 15 is 0 Å². The predicted octanol–water partition coefficient (Wildman–Crippen LogP) is -0.00130. The third kappa shape index (κ3) is 11000. The van der Waals surface area contributed by atoms with Gasteiger partial charge in [-0.05, 0) is 0 Å². The van der Waals surface area contributed by atoms with Gasteiger partial charge in [0, 0.05) is 0 Å². The first-order valence-electron chi connectivity index (χ1n) is 1.57. The van der Waals surface area contributed by atoms with Crippen molar-refractivity contribution in [2.45, 2.75) is 0 Å². The molecule has 0 spiro atoms. The van der Waals surface area contributed by atoms with Crippen molar-refractivity contribution in [1.29, 1.82) is 0 Å². The first kappa shape index (κ1) is 17.4. The van der Waals surface area contributed by atoms with E-state index in [4.69, 9.17) is 17.5 Å². The van der Waals surface area contributed by atoms with E-state index in [0.717, 1.165) is 0 Å². The molecule has 0 amide bonds. The average Bonchev–Trinajstić information content (AvgIpc) is 1.12. The fourth-order valence-electron chi connectivity index (χ4n) is 0. The molecule has 66 valence electrons. The Balaban J connectivity index is -0.000000107. The van der Waals surface area contributed by atoms with Crippen LogP contribution in [0.2, 0.25) is 0 Å². The summed E-state index contributed by atoms with van der Waals surface area (Å²) in [6.07, 6.45) is 0. The molecular formula is H3BF4LiO4S-. The van der Waals surface area contributed by atoms with Crippen LogP contribution in [0.1, 0.15) is 0 Å². The van der Waals surface area contributed by atoms with E-state index in [1.165, 1.54) is 0 Å². The van der Waals surface area contributed by atoms with Gasteiger partial charge in [-0.25, -0.2) is 0 Å². The molecule has 0 aromatic carbocycles. The summed E-state index contributed by atoms with van der Waals surface area (Å²) in [5.41, 5.74) is 0. The second-order valence-electron chi connectivity index (χ2n) is 0.943. The maximum absolute atomic E-state index is 9.75. The normalized spacial score (nSPS) is 10.7. The Morgan fingerprint density at radius 3 is 1.00 bits per heavy atom. The summed E-state index contributed by atoms with van der Waals surface area (Å²) in [6, 6.07) is 0. The molecule has 2 N–H and O–H groups in total. The summed E-state index contributed by atoms with van der Waals surface area (Å²) in [5, 5.41) is 0. The molecule has 0 atom stereocenters. The Labute approximate surface area is 71.8 Å². The van der Waals surface area contributed by atoms with Gasteiger partial charge in [0.2, 0.25) is 0 Å². The van der Waals surface area contributed by atoms with E-state index in [9.17, 15) is 17.3 Å². The van der Waals surface area contributed by atoms with Crippen LogP contribution >= 0.6 is 0 Å². The summed E-state index contributed by atoms with van der Waals surface area (Å²) in [4.78, 5) is 0. The molecule has 0 fully saturated rings. The van der Waals surface area contributed by atoms with Crippen molar-refractivity contribution in [2.75, 3.05) is 0 Å². The Morgan fingerprint density at radius 1 is 1.00 bits per heavy atom. The van der Waals surface area contributed by atoms with Gasteiger partial charge in [-0.1, -0.05) is 0 Å². The summed E-state index contributed by atoms with van der Waals surface area (Å²) in [6.45, 7) is 0. The van der Waals surface area contributed by atoms with Gasteiger partial charge < -0.3 is 17.3 Å². The van der Waals surface area contributed by atoms with Crippen LogP contribution in [0.25, 0.3) is 0 Å². The molecule has 0 radical (unpaired) electrons. The van der Waals surface area contributed by atoms with Gasteiger partial charge in [0.05, 0.1) is 0 Å². The second-order valence-corrected chi connectivity index (χ2v) is 1.84. The standard InChI is InChI=1S/BF4.Li.H2O4S.H/c2-1(3,4)5;;1-5(2,3)4;/h;;(H2,1,2,3,4);/q-1;;;. The van der Waals surface area contributed by atoms with Gasteiger partial charge in [-0.15, -0.1) is 0 Å². The molecule has 0 rings (SSSR count). The summed E-state index contributed by atoms with van der Waals surface area (Å²) in [7, 11) is -10.7. The van der Waals surface area contributed by atoms with E-state index < -0.39 is 17.7 Å². The molecule has 0 aliphatic heterocycles. The average molecular weight is 193 g/mol. The van der Waals surface area contributed by atoms with E-state index in [1.807, 2.05) is 0 Å². The fraction of sp³-hybridized carbons (Fsp3) is 0. The van der Waals surface area contributed by atoms with E-state index in [2.05, 4.69) is 0 Å². The molecular weight excluding hydrogens is 190 g/mol. The van der Waals surface area contributed by atoms with Crippen molar-refractivity contribution >= 4 is 36.5 Å². The van der Waals surface area contributed by atoms with Gasteiger partial charge in [-0.3, -0.25) is 9.11 Å². The number of hydrogen-bond donors (Lipinski definition) is 2. The zero-order valence-electron chi connectivity index (χ0n) is 4.21. The van der Waals surface area contributed by atoms with Crippen molar-refractivity contribution in [1.82, 2.24) is 0 Å². The molecule has 0 heterocycles. The molecule has 0 saturated carbocycles. The molecule has 0 aromatic heterocycles. The van der Waals surface area contributed by atoms with Crippen LogP contribution in [0.15, 0.2) is 0 Å². The maximum atomic E-state index is 9.75. The van der Waals surface area contributed by atoms with Crippen LogP contribution in [0.3, 0.4) is 0 Å². The van der Waals surface area contributed by atoms with Gasteiger partial charge in [-0.2, -0.15) is 8.42 Å². The van der Waals surface area contributed by atoms with E-state index in [0.29, 0.717) is 0 Å². The van der Waals surface area contributed by atoms with Gasteiger partial charge in [0.25, 0.3) is 0 Å². The zero-order chi connectivity index (χ0) is 9.00. The summed E-state index contributed by atoms with van der Waals surface area (Å²) in [5.74, 6) is 0. The van der Waals surface area contributed by atoms with Crippen LogP contribution in [0.5, 0.6) is 0 Å². The summed E-state index contributed by atoms with van der Waals surface area (Å²) >= 11 is 0. The number of halogens is 4. The molecule has 0 aromatic rings. The van der Waals surface area contributed by atoms with Crippen LogP contribution in [-0.2, 0) is 10.4 Å². The second kappa shape index (κ2) is 5.85. The predicted molar refractivity (Wildman–Crippen MR) is 31.5 cm³/mol. The van der Waals surface area contributed by atoms with Crippen LogP contribution in [-0.4, -0.2) is 43.6 Å². The SMILES string of the molecule is F[B-](F)(F)F.O=S(=O)(O)O.[LiH]. The van der Waals surface area contributed by atoms with E-state index in [-0.39, 0.29) is 18.9 Å². The van der Waals surface area contributed by atoms with Crippen LogP contribution < -0.4 is 0 Å². The fourth-order valence-corrected chi connectivity index (χ4v) is 0. The minimum atomic E-state index is -6.00. The third-order valence-electron chi connectivity index (χ3n) is 0. The molecule has 11 heavy (non-hydrogen) atoms. The number of rotatable bonds is 0. The molecule has 0 aliphatic rings. The monoisotopic (exact) mass is 193 g/mol. The number of hydrogen-bond acceptors (Lipinski definition) is 2. The zero-order valence-corrected chi connectivity index (χ0v) is 5.02. The van der Waals surface area contributed by atoms with Crippen molar-refractivity contribution in [3.63, 3.8) is 0 Å². The molecule has 11 heteroatoms. The first-order chi connectivity index (χ1) is 4.00. The van der Waals surface area contributed by atoms with Gasteiger partial charge >= 0.3 is 36.5 Å². The molecule has 4 nitrogen and oxygen atoms in total.